The lowest BCUT2D eigenvalue weighted by molar-refractivity contribution is -0.143. The monoisotopic (exact) mass is 286 g/mol. The molecule has 1 saturated heterocycles. The molecule has 0 spiro atoms. The second-order valence-corrected chi connectivity index (χ2v) is 5.32. The van der Waals surface area contributed by atoms with E-state index in [1.165, 1.54) is 16.5 Å². The van der Waals surface area contributed by atoms with Crippen molar-refractivity contribution < 1.29 is 14.4 Å². The molecule has 1 aromatic rings. The Morgan fingerprint density at radius 1 is 1.14 bits per heavy atom. The highest BCUT2D eigenvalue weighted by Crippen LogP contribution is 2.15. The minimum Gasteiger partial charge on any atom is -0.321 e. The standard InChI is InChI=1S/C16H18N2O3/c1-11(2)13-6-3-12(4-7-13)5-8-16(21)18-9-14(19)17-15(20)10-18/h3-8,11H,9-10H2,1-2H3,(H,17,19,20). The van der Waals surface area contributed by atoms with Crippen LogP contribution in [-0.4, -0.2) is 35.7 Å². The van der Waals surface area contributed by atoms with Gasteiger partial charge in [0.25, 0.3) is 0 Å². The van der Waals surface area contributed by atoms with Crippen LogP contribution in [0.2, 0.25) is 0 Å². The molecule has 1 N–H and O–H groups in total. The molecule has 0 saturated carbocycles. The van der Waals surface area contributed by atoms with Crippen molar-refractivity contribution in [3.05, 3.63) is 41.5 Å². The van der Waals surface area contributed by atoms with Gasteiger partial charge in [0.05, 0.1) is 0 Å². The molecule has 1 heterocycles. The van der Waals surface area contributed by atoms with E-state index in [-0.39, 0.29) is 19.0 Å². The van der Waals surface area contributed by atoms with Crippen LogP contribution in [0, 0.1) is 0 Å². The van der Waals surface area contributed by atoms with E-state index in [4.69, 9.17) is 0 Å². The second kappa shape index (κ2) is 6.35. The van der Waals surface area contributed by atoms with E-state index in [0.29, 0.717) is 5.92 Å². The van der Waals surface area contributed by atoms with Gasteiger partial charge in [-0.1, -0.05) is 38.1 Å². The summed E-state index contributed by atoms with van der Waals surface area (Å²) in [6.45, 7) is 4.07. The van der Waals surface area contributed by atoms with Crippen LogP contribution in [0.5, 0.6) is 0 Å². The van der Waals surface area contributed by atoms with Gasteiger partial charge in [-0.15, -0.1) is 0 Å². The first-order valence-corrected chi connectivity index (χ1v) is 6.85. The van der Waals surface area contributed by atoms with Crippen molar-refractivity contribution in [2.24, 2.45) is 0 Å². The highest BCUT2D eigenvalue weighted by atomic mass is 16.2. The lowest BCUT2D eigenvalue weighted by Gasteiger charge is -2.24. The van der Waals surface area contributed by atoms with Crippen LogP contribution < -0.4 is 5.32 Å². The maximum absolute atomic E-state index is 11.9. The number of rotatable bonds is 3. The van der Waals surface area contributed by atoms with Gasteiger partial charge in [0.15, 0.2) is 0 Å². The molecule has 1 fully saturated rings. The van der Waals surface area contributed by atoms with Gasteiger partial charge in [-0.25, -0.2) is 0 Å². The zero-order chi connectivity index (χ0) is 15.4. The summed E-state index contributed by atoms with van der Waals surface area (Å²) in [5, 5.41) is 2.16. The highest BCUT2D eigenvalue weighted by Gasteiger charge is 2.24. The molecule has 21 heavy (non-hydrogen) atoms. The van der Waals surface area contributed by atoms with E-state index in [1.54, 1.807) is 6.08 Å². The molecule has 0 radical (unpaired) electrons. The normalized spacial score (nSPS) is 15.7. The van der Waals surface area contributed by atoms with Crippen molar-refractivity contribution in [3.8, 4) is 0 Å². The predicted octanol–water partition coefficient (Wildman–Crippen LogP) is 1.31. The molecule has 0 atom stereocenters. The first-order chi connectivity index (χ1) is 9.95. The number of piperazine rings is 1. The van der Waals surface area contributed by atoms with Crippen LogP contribution in [0.25, 0.3) is 6.08 Å². The molecule has 1 aromatic carbocycles. The Bertz CT molecular complexity index is 572. The van der Waals surface area contributed by atoms with Gasteiger partial charge in [-0.05, 0) is 23.1 Å². The maximum atomic E-state index is 11.9. The van der Waals surface area contributed by atoms with Gasteiger partial charge < -0.3 is 4.90 Å². The number of benzene rings is 1. The Labute approximate surface area is 123 Å². The average molecular weight is 286 g/mol. The summed E-state index contributed by atoms with van der Waals surface area (Å²) in [6.07, 6.45) is 3.07. The summed E-state index contributed by atoms with van der Waals surface area (Å²) in [5.41, 5.74) is 2.14. The molecule has 1 aliphatic heterocycles. The smallest absolute Gasteiger partial charge is 0.247 e. The molecule has 3 amide bonds. The lowest BCUT2D eigenvalue weighted by atomic mass is 10.0. The van der Waals surface area contributed by atoms with Crippen molar-refractivity contribution in [1.29, 1.82) is 0 Å². The third-order valence-electron chi connectivity index (χ3n) is 3.28. The van der Waals surface area contributed by atoms with Crippen LogP contribution in [0.1, 0.15) is 30.9 Å². The number of hydrogen-bond acceptors (Lipinski definition) is 3. The molecule has 0 aliphatic carbocycles. The van der Waals surface area contributed by atoms with Gasteiger partial charge in [0.2, 0.25) is 17.7 Å². The third kappa shape index (κ3) is 4.02. The number of hydrogen-bond donors (Lipinski definition) is 1. The van der Waals surface area contributed by atoms with Gasteiger partial charge in [-0.2, -0.15) is 0 Å². The van der Waals surface area contributed by atoms with Crippen LogP contribution >= 0.6 is 0 Å². The van der Waals surface area contributed by atoms with Gasteiger partial charge >= 0.3 is 0 Å². The van der Waals surface area contributed by atoms with Crippen molar-refractivity contribution in [3.63, 3.8) is 0 Å². The Hall–Kier alpha value is -2.43. The molecule has 1 aliphatic rings. The summed E-state index contributed by atoms with van der Waals surface area (Å²) in [4.78, 5) is 35.6. The molecule has 0 aromatic heterocycles. The van der Waals surface area contributed by atoms with E-state index >= 15 is 0 Å². The number of nitrogens with zero attached hydrogens (tertiary/aromatic N) is 1. The zero-order valence-corrected chi connectivity index (χ0v) is 12.1. The summed E-state index contributed by atoms with van der Waals surface area (Å²) < 4.78 is 0. The summed E-state index contributed by atoms with van der Waals surface area (Å²) in [5.74, 6) is -0.780. The Morgan fingerprint density at radius 2 is 1.71 bits per heavy atom. The molecule has 5 nitrogen and oxygen atoms in total. The zero-order valence-electron chi connectivity index (χ0n) is 12.1. The van der Waals surface area contributed by atoms with E-state index in [1.807, 2.05) is 24.3 Å². The van der Waals surface area contributed by atoms with E-state index in [9.17, 15) is 14.4 Å². The number of carbonyl (C=O) groups is 3. The van der Waals surface area contributed by atoms with Crippen molar-refractivity contribution in [1.82, 2.24) is 10.2 Å². The minimum absolute atomic E-state index is 0.0821. The molecule has 0 bridgehead atoms. The molecule has 0 unspecified atom stereocenters. The third-order valence-corrected chi connectivity index (χ3v) is 3.28. The van der Waals surface area contributed by atoms with E-state index < -0.39 is 11.8 Å². The van der Waals surface area contributed by atoms with Crippen LogP contribution in [-0.2, 0) is 14.4 Å². The lowest BCUT2D eigenvalue weighted by Crippen LogP contribution is -2.52. The Balaban J connectivity index is 2.01. The molecular weight excluding hydrogens is 268 g/mol. The van der Waals surface area contributed by atoms with Crippen LogP contribution in [0.4, 0.5) is 0 Å². The maximum Gasteiger partial charge on any atom is 0.247 e. The summed E-state index contributed by atoms with van der Waals surface area (Å²) in [6, 6.07) is 7.92. The van der Waals surface area contributed by atoms with Crippen LogP contribution in [0.15, 0.2) is 30.3 Å². The van der Waals surface area contributed by atoms with Gasteiger partial charge in [-0.3, -0.25) is 19.7 Å². The number of imide groups is 1. The van der Waals surface area contributed by atoms with Crippen LogP contribution in [0.3, 0.4) is 0 Å². The van der Waals surface area contributed by atoms with Crippen molar-refractivity contribution in [2.45, 2.75) is 19.8 Å². The largest absolute Gasteiger partial charge is 0.321 e. The van der Waals surface area contributed by atoms with Crippen molar-refractivity contribution in [2.75, 3.05) is 13.1 Å². The van der Waals surface area contributed by atoms with Crippen molar-refractivity contribution >= 4 is 23.8 Å². The van der Waals surface area contributed by atoms with E-state index in [2.05, 4.69) is 19.2 Å². The Kier molecular flexibility index (Phi) is 4.52. The quantitative estimate of drug-likeness (QED) is 0.673. The highest BCUT2D eigenvalue weighted by molar-refractivity contribution is 6.04. The first-order valence-electron chi connectivity index (χ1n) is 6.85. The Morgan fingerprint density at radius 3 is 2.24 bits per heavy atom. The number of nitrogens with one attached hydrogen (secondary N) is 1. The topological polar surface area (TPSA) is 66.5 Å². The average Bonchev–Trinajstić information content (AvgIpc) is 2.44. The van der Waals surface area contributed by atoms with Gasteiger partial charge in [0, 0.05) is 6.08 Å². The first kappa shape index (κ1) is 15.0. The fourth-order valence-corrected chi connectivity index (χ4v) is 2.06. The molecular formula is C16H18N2O3. The molecule has 110 valence electrons. The van der Waals surface area contributed by atoms with Gasteiger partial charge in [0.1, 0.15) is 13.1 Å². The summed E-state index contributed by atoms with van der Waals surface area (Å²) >= 11 is 0. The fourth-order valence-electron chi connectivity index (χ4n) is 2.06. The fraction of sp³-hybridized carbons (Fsp3) is 0.312. The van der Waals surface area contributed by atoms with E-state index in [0.717, 1.165) is 5.56 Å². The molecule has 2 rings (SSSR count). The number of carbonyl (C=O) groups excluding carboxylic acids is 3. The minimum atomic E-state index is -0.450. The second-order valence-electron chi connectivity index (χ2n) is 5.32. The predicted molar refractivity (Wildman–Crippen MR) is 79.3 cm³/mol. The molecule has 5 heteroatoms. The summed E-state index contributed by atoms with van der Waals surface area (Å²) in [7, 11) is 0. The number of amides is 3. The SMILES string of the molecule is CC(C)c1ccc(C=CC(=O)N2CC(=O)NC(=O)C2)cc1.